The Balaban J connectivity index is 0.968. The van der Waals surface area contributed by atoms with E-state index in [1.165, 1.54) is 76.6 Å². The highest BCUT2D eigenvalue weighted by atomic mass is 15.0. The highest BCUT2D eigenvalue weighted by Gasteiger charge is 2.20. The van der Waals surface area contributed by atoms with Crippen molar-refractivity contribution in [3.63, 3.8) is 0 Å². The van der Waals surface area contributed by atoms with Gasteiger partial charge >= 0.3 is 0 Å². The summed E-state index contributed by atoms with van der Waals surface area (Å²) in [6.45, 7) is 0. The van der Waals surface area contributed by atoms with Gasteiger partial charge in [-0.05, 0) is 115 Å². The molecule has 3 heteroatoms. The highest BCUT2D eigenvalue weighted by molar-refractivity contribution is 6.13. The molecule has 0 fully saturated rings. The summed E-state index contributed by atoms with van der Waals surface area (Å²) >= 11 is 0. The molecule has 0 spiro atoms. The van der Waals surface area contributed by atoms with Gasteiger partial charge in [-0.25, -0.2) is 4.98 Å². The molecule has 3 nitrogen and oxygen atoms in total. The number of hydrogen-bond acceptors (Lipinski definition) is 2. The van der Waals surface area contributed by atoms with Crippen molar-refractivity contribution in [2.45, 2.75) is 6.42 Å². The van der Waals surface area contributed by atoms with Gasteiger partial charge in [0.25, 0.3) is 0 Å². The summed E-state index contributed by atoms with van der Waals surface area (Å²) in [6, 6.07) is 72.4. The number of para-hydroxylation sites is 2. The van der Waals surface area contributed by atoms with Gasteiger partial charge in [0.15, 0.2) is 0 Å². The molecule has 13 rings (SSSR count). The molecule has 12 aromatic rings. The van der Waals surface area contributed by atoms with E-state index < -0.39 is 0 Å². The van der Waals surface area contributed by atoms with Gasteiger partial charge in [-0.15, -0.1) is 0 Å². The van der Waals surface area contributed by atoms with E-state index >= 15 is 0 Å². The molecule has 298 valence electrons. The number of allylic oxidation sites excluding steroid dienone is 3. The maximum atomic E-state index is 5.54. The average Bonchev–Trinajstić information content (AvgIpc) is 3.52. The molecule has 1 aliphatic rings. The Bertz CT molecular complexity index is 3920. The largest absolute Gasteiger partial charge is 0.309 e. The molecular weight excluding hydrogens is 775 g/mol. The second kappa shape index (κ2) is 14.6. The monoisotopic (exact) mass is 813 g/mol. The summed E-state index contributed by atoms with van der Waals surface area (Å²) in [5.41, 5.74) is 16.8. The zero-order valence-corrected chi connectivity index (χ0v) is 34.9. The Morgan fingerprint density at radius 2 is 1.05 bits per heavy atom. The highest BCUT2D eigenvalue weighted by Crippen LogP contribution is 2.41. The number of benzene rings is 10. The Labute approximate surface area is 370 Å². The van der Waals surface area contributed by atoms with Crippen LogP contribution in [-0.4, -0.2) is 14.5 Å². The van der Waals surface area contributed by atoms with Gasteiger partial charge in [-0.1, -0.05) is 176 Å². The number of aromatic nitrogens is 3. The van der Waals surface area contributed by atoms with Crippen molar-refractivity contribution in [1.29, 1.82) is 0 Å². The molecule has 0 radical (unpaired) electrons. The van der Waals surface area contributed by atoms with Crippen LogP contribution in [0.25, 0.3) is 116 Å². The molecule has 0 saturated carbocycles. The number of hydrogen-bond donors (Lipinski definition) is 0. The normalized spacial score (nSPS) is 12.7. The quantitative estimate of drug-likeness (QED) is 0.162. The van der Waals surface area contributed by atoms with Gasteiger partial charge in [-0.2, -0.15) is 0 Å². The molecular formula is C61H39N3. The van der Waals surface area contributed by atoms with E-state index in [-0.39, 0.29) is 0 Å². The molecule has 0 unspecified atom stereocenters. The molecule has 0 aliphatic heterocycles. The predicted molar refractivity (Wildman–Crippen MR) is 270 cm³/mol. The first-order valence-corrected chi connectivity index (χ1v) is 22.0. The van der Waals surface area contributed by atoms with Crippen LogP contribution < -0.4 is 0 Å². The third kappa shape index (κ3) is 5.82. The van der Waals surface area contributed by atoms with Crippen molar-refractivity contribution >= 4 is 76.8 Å². The lowest BCUT2D eigenvalue weighted by Gasteiger charge is -2.16. The van der Waals surface area contributed by atoms with E-state index in [1.807, 2.05) is 6.20 Å². The minimum absolute atomic E-state index is 0.761. The van der Waals surface area contributed by atoms with E-state index in [2.05, 4.69) is 223 Å². The maximum absolute atomic E-state index is 5.54. The molecule has 2 aromatic heterocycles. The van der Waals surface area contributed by atoms with Crippen molar-refractivity contribution in [2.75, 3.05) is 0 Å². The minimum atomic E-state index is 0.761. The number of fused-ring (bicyclic) bond motifs is 11. The lowest BCUT2D eigenvalue weighted by molar-refractivity contribution is 1.18. The summed E-state index contributed by atoms with van der Waals surface area (Å²) in [5.74, 6) is 0. The van der Waals surface area contributed by atoms with Crippen molar-refractivity contribution < 1.29 is 0 Å². The van der Waals surface area contributed by atoms with Crippen molar-refractivity contribution in [1.82, 2.24) is 14.5 Å². The maximum Gasteiger partial charge on any atom is 0.0976 e. The number of nitrogens with zero attached hydrogens (tertiary/aromatic N) is 3. The van der Waals surface area contributed by atoms with E-state index in [0.29, 0.717) is 0 Å². The summed E-state index contributed by atoms with van der Waals surface area (Å²) < 4.78 is 2.36. The second-order valence-corrected chi connectivity index (χ2v) is 16.9. The molecule has 0 N–H and O–H groups in total. The summed E-state index contributed by atoms with van der Waals surface area (Å²) in [6.07, 6.45) is 9.69. The Morgan fingerprint density at radius 1 is 0.406 bits per heavy atom. The third-order valence-electron chi connectivity index (χ3n) is 13.3. The lowest BCUT2D eigenvalue weighted by atomic mass is 9.90. The van der Waals surface area contributed by atoms with Crippen LogP contribution in [0.2, 0.25) is 0 Å². The molecule has 64 heavy (non-hydrogen) atoms. The van der Waals surface area contributed by atoms with E-state index in [0.717, 1.165) is 56.5 Å². The first kappa shape index (κ1) is 36.3. The Morgan fingerprint density at radius 3 is 1.89 bits per heavy atom. The van der Waals surface area contributed by atoms with Crippen molar-refractivity contribution in [3.8, 4) is 39.2 Å². The summed E-state index contributed by atoms with van der Waals surface area (Å²) in [4.78, 5) is 10.8. The minimum Gasteiger partial charge on any atom is -0.309 e. The molecule has 10 aromatic carbocycles. The van der Waals surface area contributed by atoms with E-state index in [4.69, 9.17) is 9.97 Å². The third-order valence-corrected chi connectivity index (χ3v) is 13.3. The van der Waals surface area contributed by atoms with Crippen LogP contribution in [0.15, 0.2) is 219 Å². The molecule has 0 atom stereocenters. The Kier molecular flexibility index (Phi) is 8.28. The van der Waals surface area contributed by atoms with Gasteiger partial charge < -0.3 is 4.57 Å². The van der Waals surface area contributed by atoms with Gasteiger partial charge in [0.05, 0.1) is 34.0 Å². The summed E-state index contributed by atoms with van der Waals surface area (Å²) in [7, 11) is 0. The predicted octanol–water partition coefficient (Wildman–Crippen LogP) is 15.8. The van der Waals surface area contributed by atoms with Crippen LogP contribution in [-0.2, 0) is 6.42 Å². The fraction of sp³-hybridized carbons (Fsp3) is 0.0164. The Hall–Kier alpha value is -8.40. The molecule has 0 amide bonds. The zero-order valence-electron chi connectivity index (χ0n) is 34.9. The van der Waals surface area contributed by atoms with Crippen LogP contribution in [0.3, 0.4) is 0 Å². The molecule has 0 saturated heterocycles. The first-order chi connectivity index (χ1) is 31.7. The fourth-order valence-electron chi connectivity index (χ4n) is 10.2. The molecule has 2 heterocycles. The fourth-order valence-corrected chi connectivity index (χ4v) is 10.2. The van der Waals surface area contributed by atoms with E-state index in [1.54, 1.807) is 0 Å². The van der Waals surface area contributed by atoms with Crippen molar-refractivity contribution in [2.24, 2.45) is 0 Å². The first-order valence-electron chi connectivity index (χ1n) is 22.0. The van der Waals surface area contributed by atoms with Gasteiger partial charge in [0.1, 0.15) is 0 Å². The average molecular weight is 814 g/mol. The SMILES string of the molecule is C1=Cc2c(c3cc(-c4cccc5ccccc45)ccc3c3ncc(-c4cccc(-c5ccc6c(c5)c5ccccc5n6-c5ccccc5)c4)nc23)CC=C1c1cccc2ccccc12. The number of rotatable bonds is 5. The van der Waals surface area contributed by atoms with Crippen LogP contribution in [0, 0.1) is 0 Å². The molecule has 0 bridgehead atoms. The van der Waals surface area contributed by atoms with Crippen LogP contribution >= 0.6 is 0 Å². The van der Waals surface area contributed by atoms with Gasteiger partial charge in [-0.3, -0.25) is 4.98 Å². The standard InChI is InChI=1S/C61H39N3/c1-2-19-46(20-3-1)64-58-26-9-8-23-52(58)56-36-43(30-34-59(56)64)42-17-10-18-45(35-42)57-38-62-60-54-33-29-44(50-25-12-16-40-14-5-7-22-48(40)50)37-55(54)51-31-27-41(28-32-53(51)61(60)63-57)49-24-11-15-39-13-4-6-21-47(39)49/h1-30,32-38H,31H2. The van der Waals surface area contributed by atoms with Crippen LogP contribution in [0.4, 0.5) is 0 Å². The second-order valence-electron chi connectivity index (χ2n) is 16.9. The van der Waals surface area contributed by atoms with Crippen molar-refractivity contribution in [3.05, 3.63) is 235 Å². The van der Waals surface area contributed by atoms with Gasteiger partial charge in [0, 0.05) is 33.0 Å². The zero-order chi connectivity index (χ0) is 42.1. The topological polar surface area (TPSA) is 30.7 Å². The van der Waals surface area contributed by atoms with Crippen LogP contribution in [0.1, 0.15) is 16.7 Å². The summed E-state index contributed by atoms with van der Waals surface area (Å²) in [5, 5.41) is 9.77. The van der Waals surface area contributed by atoms with Gasteiger partial charge in [0.2, 0.25) is 0 Å². The van der Waals surface area contributed by atoms with E-state index in [9.17, 15) is 0 Å². The molecule has 1 aliphatic carbocycles. The van der Waals surface area contributed by atoms with Crippen LogP contribution in [0.5, 0.6) is 0 Å². The smallest absolute Gasteiger partial charge is 0.0976 e. The lowest BCUT2D eigenvalue weighted by Crippen LogP contribution is -1.98.